The van der Waals surface area contributed by atoms with Crippen molar-refractivity contribution in [2.45, 2.75) is 46.1 Å². The highest BCUT2D eigenvalue weighted by molar-refractivity contribution is 6.02. The Balaban J connectivity index is 1.86. The van der Waals surface area contributed by atoms with Crippen LogP contribution in [0.25, 0.3) is 21.8 Å². The average Bonchev–Trinajstić information content (AvgIpc) is 3.47. The molecule has 0 unspecified atom stereocenters. The number of aryl methyl sites for hydroxylation is 4. The third-order valence-electron chi connectivity index (χ3n) is 7.43. The predicted octanol–water partition coefficient (Wildman–Crippen LogP) is 6.85. The third kappa shape index (κ3) is 2.57. The molecule has 0 radical (unpaired) electrons. The number of aromatic nitrogens is 2. The molecule has 0 saturated heterocycles. The van der Waals surface area contributed by atoms with Crippen LogP contribution in [0.2, 0.25) is 0 Å². The van der Waals surface area contributed by atoms with Gasteiger partial charge in [0.25, 0.3) is 0 Å². The van der Waals surface area contributed by atoms with Crippen molar-refractivity contribution in [2.24, 2.45) is 0 Å². The molecule has 0 atom stereocenters. The zero-order valence-corrected chi connectivity index (χ0v) is 20.0. The van der Waals surface area contributed by atoms with Gasteiger partial charge in [-0.2, -0.15) is 0 Å². The highest BCUT2D eigenvalue weighted by atomic mass is 16.6. The van der Waals surface area contributed by atoms with Gasteiger partial charge in [0.1, 0.15) is 0 Å². The lowest BCUT2D eigenvalue weighted by atomic mass is 9.76. The molecule has 1 aliphatic heterocycles. The van der Waals surface area contributed by atoms with Crippen LogP contribution >= 0.6 is 0 Å². The molecule has 0 fully saturated rings. The van der Waals surface area contributed by atoms with E-state index in [0.717, 1.165) is 62.7 Å². The van der Waals surface area contributed by atoms with Crippen molar-refractivity contribution in [3.05, 3.63) is 105 Å². The molecule has 170 valence electrons. The van der Waals surface area contributed by atoms with Gasteiger partial charge >= 0.3 is 5.97 Å². The van der Waals surface area contributed by atoms with Crippen LogP contribution in [0, 0.1) is 13.8 Å². The normalized spacial score (nSPS) is 14.6. The highest BCUT2D eigenvalue weighted by Gasteiger charge is 2.53. The maximum atomic E-state index is 13.4. The fraction of sp³-hybridized carbons (Fsp3) is 0.233. The maximum Gasteiger partial charge on any atom is 0.340 e. The lowest BCUT2D eigenvalue weighted by molar-refractivity contribution is 0.0257. The van der Waals surface area contributed by atoms with E-state index in [0.29, 0.717) is 5.56 Å². The fourth-order valence-corrected chi connectivity index (χ4v) is 6.09. The number of hydrogen-bond acceptors (Lipinski definition) is 2. The number of carbonyl (C=O) groups excluding carboxylic acids is 1. The van der Waals surface area contributed by atoms with Crippen molar-refractivity contribution in [1.29, 1.82) is 0 Å². The van der Waals surface area contributed by atoms with Gasteiger partial charge in [-0.15, -0.1) is 0 Å². The van der Waals surface area contributed by atoms with Crippen LogP contribution < -0.4 is 0 Å². The molecular formula is C30H28N2O2. The molecule has 2 aromatic heterocycles. The Kier molecular flexibility index (Phi) is 4.50. The molecule has 4 nitrogen and oxygen atoms in total. The van der Waals surface area contributed by atoms with Crippen molar-refractivity contribution in [3.63, 3.8) is 0 Å². The second kappa shape index (κ2) is 7.36. The van der Waals surface area contributed by atoms with Gasteiger partial charge in [0, 0.05) is 49.9 Å². The van der Waals surface area contributed by atoms with Crippen molar-refractivity contribution >= 4 is 27.8 Å². The molecule has 3 heterocycles. The Morgan fingerprint density at radius 1 is 0.735 bits per heavy atom. The van der Waals surface area contributed by atoms with Crippen LogP contribution in [0.15, 0.2) is 60.7 Å². The number of benzene rings is 3. The van der Waals surface area contributed by atoms with Gasteiger partial charge in [-0.1, -0.05) is 56.3 Å². The smallest absolute Gasteiger partial charge is 0.340 e. The number of rotatable bonds is 4. The molecular weight excluding hydrogens is 420 g/mol. The zero-order chi connectivity index (χ0) is 23.6. The lowest BCUT2D eigenvalue weighted by Gasteiger charge is -2.32. The first kappa shape index (κ1) is 20.8. The summed E-state index contributed by atoms with van der Waals surface area (Å²) >= 11 is 0. The second-order valence-electron chi connectivity index (χ2n) is 9.25. The summed E-state index contributed by atoms with van der Waals surface area (Å²) in [5, 5.41) is 2.30. The number of esters is 1. The number of hydrogen-bond donors (Lipinski definition) is 2. The lowest BCUT2D eigenvalue weighted by Crippen LogP contribution is -2.31. The second-order valence-corrected chi connectivity index (χ2v) is 9.25. The van der Waals surface area contributed by atoms with Gasteiger partial charge in [0.05, 0.1) is 5.56 Å². The highest BCUT2D eigenvalue weighted by Crippen LogP contribution is 2.53. The molecule has 4 heteroatoms. The topological polar surface area (TPSA) is 57.9 Å². The van der Waals surface area contributed by atoms with Gasteiger partial charge in [-0.3, -0.25) is 0 Å². The molecule has 34 heavy (non-hydrogen) atoms. The van der Waals surface area contributed by atoms with Gasteiger partial charge in [-0.05, 0) is 56.0 Å². The van der Waals surface area contributed by atoms with E-state index in [4.69, 9.17) is 4.74 Å². The van der Waals surface area contributed by atoms with Crippen molar-refractivity contribution in [2.75, 3.05) is 0 Å². The summed E-state index contributed by atoms with van der Waals surface area (Å²) in [4.78, 5) is 20.6. The summed E-state index contributed by atoms with van der Waals surface area (Å²) in [5.74, 6) is -0.277. The Labute approximate surface area is 199 Å². The van der Waals surface area contributed by atoms with E-state index in [9.17, 15) is 4.79 Å². The molecule has 1 aliphatic rings. The van der Waals surface area contributed by atoms with Gasteiger partial charge in [0.15, 0.2) is 5.60 Å². The minimum Gasteiger partial charge on any atom is -0.440 e. The summed E-state index contributed by atoms with van der Waals surface area (Å²) in [5.41, 5.74) is 9.22. The zero-order valence-electron chi connectivity index (χ0n) is 20.0. The number of aromatic amines is 2. The summed E-state index contributed by atoms with van der Waals surface area (Å²) in [6.07, 6.45) is 1.78. The van der Waals surface area contributed by atoms with Crippen LogP contribution in [-0.4, -0.2) is 15.9 Å². The molecule has 3 aromatic carbocycles. The number of fused-ring (bicyclic) bond motifs is 3. The maximum absolute atomic E-state index is 13.4. The average molecular weight is 449 g/mol. The molecule has 0 spiro atoms. The quantitative estimate of drug-likeness (QED) is 0.295. The van der Waals surface area contributed by atoms with Crippen molar-refractivity contribution in [1.82, 2.24) is 9.97 Å². The molecule has 0 aliphatic carbocycles. The summed E-state index contributed by atoms with van der Waals surface area (Å²) in [6.45, 7) is 8.54. The number of ether oxygens (including phenoxy) is 1. The molecule has 0 amide bonds. The minimum absolute atomic E-state index is 0.277. The summed E-state index contributed by atoms with van der Waals surface area (Å²) in [6, 6.07) is 20.6. The molecule has 5 aromatic rings. The van der Waals surface area contributed by atoms with Crippen LogP contribution in [-0.2, 0) is 23.2 Å². The van der Waals surface area contributed by atoms with Crippen LogP contribution in [0.5, 0.6) is 0 Å². The number of carbonyl (C=O) groups is 1. The Morgan fingerprint density at radius 2 is 1.26 bits per heavy atom. The van der Waals surface area contributed by atoms with Crippen molar-refractivity contribution < 1.29 is 9.53 Å². The van der Waals surface area contributed by atoms with Gasteiger partial charge in [-0.25, -0.2) is 4.79 Å². The first-order valence-corrected chi connectivity index (χ1v) is 12.0. The van der Waals surface area contributed by atoms with E-state index in [2.05, 4.69) is 80.1 Å². The molecule has 0 bridgehead atoms. The van der Waals surface area contributed by atoms with E-state index in [1.165, 1.54) is 11.1 Å². The minimum atomic E-state index is -1.05. The van der Waals surface area contributed by atoms with Crippen LogP contribution in [0.4, 0.5) is 0 Å². The molecule has 6 rings (SSSR count). The Bertz CT molecular complexity index is 1510. The largest absolute Gasteiger partial charge is 0.440 e. The fourth-order valence-electron chi connectivity index (χ4n) is 6.09. The van der Waals surface area contributed by atoms with E-state index in [1.54, 1.807) is 0 Å². The molecule has 2 N–H and O–H groups in total. The third-order valence-corrected chi connectivity index (χ3v) is 7.43. The van der Waals surface area contributed by atoms with Crippen LogP contribution in [0.1, 0.15) is 63.4 Å². The van der Waals surface area contributed by atoms with E-state index >= 15 is 0 Å². The summed E-state index contributed by atoms with van der Waals surface area (Å²) < 4.78 is 6.61. The summed E-state index contributed by atoms with van der Waals surface area (Å²) in [7, 11) is 0. The monoisotopic (exact) mass is 448 g/mol. The standard InChI is InChI=1S/C30H28N2O2/c1-5-19-11-9-15-23-25(19)27(17(3)31-23)30(22-14-8-7-13-21(22)29(33)34-30)28-18(4)32-24-16-10-12-20(6-2)26(24)28/h7-16,31-32H,5-6H2,1-4H3. The SMILES string of the molecule is CCc1cccc2[nH]c(C)c(C3(c4c(C)[nH]c5cccc(CC)c45)OC(=O)c4ccccc43)c12. The first-order chi connectivity index (χ1) is 16.5. The Hall–Kier alpha value is -3.79. The Morgan fingerprint density at radius 3 is 1.79 bits per heavy atom. The molecule has 0 saturated carbocycles. The van der Waals surface area contributed by atoms with Crippen LogP contribution in [0.3, 0.4) is 0 Å². The van der Waals surface area contributed by atoms with E-state index in [-0.39, 0.29) is 5.97 Å². The predicted molar refractivity (Wildman–Crippen MR) is 137 cm³/mol. The number of H-pyrrole nitrogens is 2. The number of nitrogens with one attached hydrogen (secondary N) is 2. The van der Waals surface area contributed by atoms with Crippen molar-refractivity contribution in [3.8, 4) is 0 Å². The van der Waals surface area contributed by atoms with Gasteiger partial charge in [0.2, 0.25) is 0 Å². The van der Waals surface area contributed by atoms with E-state index in [1.807, 2.05) is 18.2 Å². The first-order valence-electron chi connectivity index (χ1n) is 12.0. The van der Waals surface area contributed by atoms with E-state index < -0.39 is 5.60 Å². The van der Waals surface area contributed by atoms with Gasteiger partial charge < -0.3 is 14.7 Å². The number of cyclic esters (lactones) is 1.